The van der Waals surface area contributed by atoms with Crippen molar-refractivity contribution in [2.24, 2.45) is 11.8 Å². The van der Waals surface area contributed by atoms with Gasteiger partial charge in [-0.1, -0.05) is 0 Å². The molecule has 19 heavy (non-hydrogen) atoms. The van der Waals surface area contributed by atoms with Gasteiger partial charge in [0, 0.05) is 0 Å². The monoisotopic (exact) mass is 324 g/mol. The van der Waals surface area contributed by atoms with Gasteiger partial charge < -0.3 is 0 Å². The maximum atomic E-state index is 5.02. The van der Waals surface area contributed by atoms with Crippen molar-refractivity contribution in [3.05, 3.63) is 0 Å². The van der Waals surface area contributed by atoms with Crippen LogP contribution in [-0.2, 0) is 0 Å². The number of thiol groups is 2. The molecule has 0 aromatic heterocycles. The van der Waals surface area contributed by atoms with Gasteiger partial charge in [-0.3, -0.25) is 0 Å². The van der Waals surface area contributed by atoms with Gasteiger partial charge in [-0.15, -0.1) is 0 Å². The Hall–Kier alpha value is 1.13. The fraction of sp³-hybridized carbons (Fsp3) is 1.00. The Balaban J connectivity index is 4.24. The van der Waals surface area contributed by atoms with Crippen molar-refractivity contribution < 1.29 is 0 Å². The van der Waals surface area contributed by atoms with Gasteiger partial charge >= 0.3 is 133 Å². The Bertz CT molecular complexity index is 187. The van der Waals surface area contributed by atoms with Crippen LogP contribution in [0.3, 0.4) is 0 Å². The van der Waals surface area contributed by atoms with E-state index in [0.717, 1.165) is 11.8 Å². The topological polar surface area (TPSA) is 0 Å². The van der Waals surface area contributed by atoms with Gasteiger partial charge in [0.1, 0.15) is 0 Å². The molecule has 0 aliphatic carbocycles. The fourth-order valence-corrected chi connectivity index (χ4v) is 8.99. The molecule has 0 spiro atoms. The maximum absolute atomic E-state index is 5.02. The standard InChI is InChI=1S/C16H37PS2/c1-5-9-11-15(7-3)13-17(18,19)14-16(8-4)12-10-6-2/h15-19H,5-14H2,1-4H3. The first kappa shape index (κ1) is 20.1. The molecule has 0 amide bonds. The molecule has 0 aromatic rings. The van der Waals surface area contributed by atoms with E-state index >= 15 is 0 Å². The van der Waals surface area contributed by atoms with Crippen LogP contribution in [0.4, 0.5) is 0 Å². The molecule has 0 aromatic carbocycles. The van der Waals surface area contributed by atoms with Crippen LogP contribution in [0.2, 0.25) is 0 Å². The third kappa shape index (κ3) is 10.5. The zero-order valence-electron chi connectivity index (χ0n) is 13.6. The van der Waals surface area contributed by atoms with Gasteiger partial charge in [0.05, 0.1) is 0 Å². The molecule has 0 heterocycles. The van der Waals surface area contributed by atoms with E-state index in [9.17, 15) is 0 Å². The van der Waals surface area contributed by atoms with Crippen LogP contribution in [0.1, 0.15) is 79.1 Å². The van der Waals surface area contributed by atoms with Crippen LogP contribution in [0.15, 0.2) is 0 Å². The van der Waals surface area contributed by atoms with Crippen LogP contribution in [0.5, 0.6) is 0 Å². The van der Waals surface area contributed by atoms with E-state index < -0.39 is 5.67 Å². The van der Waals surface area contributed by atoms with Gasteiger partial charge in [-0.2, -0.15) is 0 Å². The fourth-order valence-electron chi connectivity index (χ4n) is 2.89. The number of hydrogen-bond acceptors (Lipinski definition) is 2. The molecule has 0 aliphatic heterocycles. The van der Waals surface area contributed by atoms with Crippen LogP contribution in [0.25, 0.3) is 0 Å². The molecule has 3 heteroatoms. The van der Waals surface area contributed by atoms with Gasteiger partial charge in [-0.25, -0.2) is 0 Å². The summed E-state index contributed by atoms with van der Waals surface area (Å²) in [5, 5.41) is 0. The quantitative estimate of drug-likeness (QED) is 0.284. The van der Waals surface area contributed by atoms with E-state index in [-0.39, 0.29) is 0 Å². The third-order valence-electron chi connectivity index (χ3n) is 4.32. The molecule has 0 fully saturated rings. The number of rotatable bonds is 12. The Morgan fingerprint density at radius 2 is 1.11 bits per heavy atom. The summed E-state index contributed by atoms with van der Waals surface area (Å²) in [6, 6.07) is 0. The summed E-state index contributed by atoms with van der Waals surface area (Å²) in [6.07, 6.45) is 13.4. The van der Waals surface area contributed by atoms with Crippen molar-refractivity contribution in [2.75, 3.05) is 12.3 Å². The SMILES string of the molecule is CCCCC(CC)C[PH](S)(S)CC(CC)CCCC. The summed E-state index contributed by atoms with van der Waals surface area (Å²) in [5.41, 5.74) is -1.58. The van der Waals surface area contributed by atoms with Crippen LogP contribution < -0.4 is 0 Å². The van der Waals surface area contributed by atoms with Crippen molar-refractivity contribution >= 4 is 30.2 Å². The Kier molecular flexibility index (Phi) is 12.5. The van der Waals surface area contributed by atoms with Gasteiger partial charge in [0.15, 0.2) is 0 Å². The Morgan fingerprint density at radius 1 is 0.737 bits per heavy atom. The molecule has 0 saturated heterocycles. The normalized spacial score (nSPS) is 16.3. The predicted octanol–water partition coefficient (Wildman–Crippen LogP) is 6.86. The molecule has 0 bridgehead atoms. The number of hydrogen-bond donors (Lipinski definition) is 2. The average molecular weight is 325 g/mol. The Morgan fingerprint density at radius 3 is 1.37 bits per heavy atom. The molecule has 0 aliphatic rings. The van der Waals surface area contributed by atoms with Crippen molar-refractivity contribution in [3.63, 3.8) is 0 Å². The van der Waals surface area contributed by atoms with E-state index in [2.05, 4.69) is 27.7 Å². The second kappa shape index (κ2) is 11.8. The van der Waals surface area contributed by atoms with Crippen molar-refractivity contribution in [1.29, 1.82) is 0 Å². The van der Waals surface area contributed by atoms with Crippen LogP contribution in [-0.4, -0.2) is 12.3 Å². The third-order valence-corrected chi connectivity index (χ3v) is 8.97. The van der Waals surface area contributed by atoms with Crippen molar-refractivity contribution in [1.82, 2.24) is 0 Å². The molecular weight excluding hydrogens is 287 g/mol. The van der Waals surface area contributed by atoms with E-state index in [4.69, 9.17) is 24.5 Å². The first-order valence-electron chi connectivity index (χ1n) is 8.43. The summed E-state index contributed by atoms with van der Waals surface area (Å²) < 4.78 is 0. The second-order valence-corrected chi connectivity index (χ2v) is 15.2. The van der Waals surface area contributed by atoms with E-state index in [1.807, 2.05) is 0 Å². The first-order valence-corrected chi connectivity index (χ1v) is 13.4. The zero-order chi connectivity index (χ0) is 14.7. The minimum absolute atomic E-state index is 0.866. The van der Waals surface area contributed by atoms with E-state index in [0.29, 0.717) is 0 Å². The molecule has 118 valence electrons. The predicted molar refractivity (Wildman–Crippen MR) is 103 cm³/mol. The molecular formula is C16H37PS2. The zero-order valence-corrected chi connectivity index (χ0v) is 16.4. The summed E-state index contributed by atoms with van der Waals surface area (Å²) in [4.78, 5) is 0. The summed E-state index contributed by atoms with van der Waals surface area (Å²) in [7, 11) is 0. The summed E-state index contributed by atoms with van der Waals surface area (Å²) in [6.45, 7) is 9.24. The first-order chi connectivity index (χ1) is 8.99. The van der Waals surface area contributed by atoms with Crippen molar-refractivity contribution in [2.45, 2.75) is 79.1 Å². The van der Waals surface area contributed by atoms with E-state index in [1.165, 1.54) is 63.7 Å². The van der Waals surface area contributed by atoms with Crippen LogP contribution in [0, 0.1) is 11.8 Å². The molecule has 0 N–H and O–H groups in total. The molecule has 2 atom stereocenters. The summed E-state index contributed by atoms with van der Waals surface area (Å²) in [5.74, 6) is 1.73. The molecule has 0 radical (unpaired) electrons. The molecule has 0 saturated carbocycles. The molecule has 2 unspecified atom stereocenters. The Labute approximate surface area is 133 Å². The van der Waals surface area contributed by atoms with Crippen LogP contribution >= 0.6 is 30.2 Å². The van der Waals surface area contributed by atoms with Gasteiger partial charge in [0.25, 0.3) is 0 Å². The second-order valence-electron chi connectivity index (χ2n) is 6.22. The molecule has 0 nitrogen and oxygen atoms in total. The minimum atomic E-state index is -1.58. The molecule has 0 rings (SSSR count). The number of unbranched alkanes of at least 4 members (excludes halogenated alkanes) is 2. The van der Waals surface area contributed by atoms with Crippen molar-refractivity contribution in [3.8, 4) is 0 Å². The van der Waals surface area contributed by atoms with Gasteiger partial charge in [-0.05, 0) is 0 Å². The van der Waals surface area contributed by atoms with E-state index in [1.54, 1.807) is 0 Å². The van der Waals surface area contributed by atoms with Gasteiger partial charge in [0.2, 0.25) is 0 Å². The average Bonchev–Trinajstić information content (AvgIpc) is 2.39. The summed E-state index contributed by atoms with van der Waals surface area (Å²) >= 11 is 10.0.